The van der Waals surface area contributed by atoms with Gasteiger partial charge in [-0.3, -0.25) is 4.98 Å². The largest absolute Gasteiger partial charge is 0.327 e. The van der Waals surface area contributed by atoms with E-state index < -0.39 is 0 Å². The highest BCUT2D eigenvalue weighted by Gasteiger charge is 2.06. The Morgan fingerprint density at radius 2 is 1.61 bits per heavy atom. The molecule has 0 bridgehead atoms. The Morgan fingerprint density at radius 1 is 0.944 bits per heavy atom. The summed E-state index contributed by atoms with van der Waals surface area (Å²) in [4.78, 5) is 4.15. The van der Waals surface area contributed by atoms with Gasteiger partial charge in [-0.1, -0.05) is 28.1 Å². The topological polar surface area (TPSA) is 38.9 Å². The van der Waals surface area contributed by atoms with Crippen LogP contribution in [-0.2, 0) is 12.8 Å². The van der Waals surface area contributed by atoms with Crippen molar-refractivity contribution in [3.8, 4) is 0 Å². The zero-order valence-corrected chi connectivity index (χ0v) is 13.0. The first kappa shape index (κ1) is 13.7. The summed E-state index contributed by atoms with van der Waals surface area (Å²) in [6, 6.07) is 10.5. The maximum Gasteiger partial charge on any atom is 0.0410 e. The van der Waals surface area contributed by atoms with Crippen molar-refractivity contribution in [2.45, 2.75) is 18.9 Å². The lowest BCUT2D eigenvalue weighted by Crippen LogP contribution is -2.25. The average molecular weight is 370 g/mol. The summed E-state index contributed by atoms with van der Waals surface area (Å²) in [5.74, 6) is 0. The maximum absolute atomic E-state index is 6.17. The summed E-state index contributed by atoms with van der Waals surface area (Å²) < 4.78 is 2.09. The molecule has 1 unspecified atom stereocenters. The zero-order valence-electron chi connectivity index (χ0n) is 9.81. The first-order valence-electron chi connectivity index (χ1n) is 5.73. The molecule has 94 valence electrons. The van der Waals surface area contributed by atoms with Crippen molar-refractivity contribution in [1.82, 2.24) is 4.98 Å². The molecule has 0 amide bonds. The van der Waals surface area contributed by atoms with Crippen LogP contribution in [0, 0.1) is 0 Å². The summed E-state index contributed by atoms with van der Waals surface area (Å²) in [6.45, 7) is 0. The predicted molar refractivity (Wildman–Crippen MR) is 81.5 cm³/mol. The van der Waals surface area contributed by atoms with Gasteiger partial charge >= 0.3 is 0 Å². The molecular formula is C14H14Br2N2. The first-order chi connectivity index (χ1) is 8.63. The monoisotopic (exact) mass is 368 g/mol. The maximum atomic E-state index is 6.17. The minimum absolute atomic E-state index is 0.113. The molecule has 0 radical (unpaired) electrons. The SMILES string of the molecule is NC(Cc1ccc(Br)cc1)Cc1cncc(Br)c1. The number of rotatable bonds is 4. The molecule has 2 nitrogen and oxygen atoms in total. The van der Waals surface area contributed by atoms with Crippen molar-refractivity contribution in [3.05, 3.63) is 62.8 Å². The van der Waals surface area contributed by atoms with Gasteiger partial charge in [0, 0.05) is 27.4 Å². The van der Waals surface area contributed by atoms with Crippen molar-refractivity contribution in [1.29, 1.82) is 0 Å². The van der Waals surface area contributed by atoms with Gasteiger partial charge < -0.3 is 5.73 Å². The molecule has 2 aromatic rings. The van der Waals surface area contributed by atoms with Gasteiger partial charge in [-0.2, -0.15) is 0 Å². The summed E-state index contributed by atoms with van der Waals surface area (Å²) in [5.41, 5.74) is 8.59. The van der Waals surface area contributed by atoms with E-state index in [4.69, 9.17) is 5.73 Å². The molecule has 4 heteroatoms. The van der Waals surface area contributed by atoms with E-state index >= 15 is 0 Å². The fourth-order valence-corrected chi connectivity index (χ4v) is 2.54. The third-order valence-electron chi connectivity index (χ3n) is 2.67. The number of pyridine rings is 1. The summed E-state index contributed by atoms with van der Waals surface area (Å²) in [5, 5.41) is 0. The number of hydrogen-bond donors (Lipinski definition) is 1. The van der Waals surface area contributed by atoms with Crippen molar-refractivity contribution in [2.24, 2.45) is 5.73 Å². The highest BCUT2D eigenvalue weighted by atomic mass is 79.9. The van der Waals surface area contributed by atoms with Crippen LogP contribution in [0.1, 0.15) is 11.1 Å². The highest BCUT2D eigenvalue weighted by molar-refractivity contribution is 9.10. The van der Waals surface area contributed by atoms with Crippen LogP contribution in [0.3, 0.4) is 0 Å². The Balaban J connectivity index is 1.96. The van der Waals surface area contributed by atoms with Crippen LogP contribution in [0.4, 0.5) is 0 Å². The lowest BCUT2D eigenvalue weighted by molar-refractivity contribution is 0.663. The molecule has 0 aliphatic rings. The van der Waals surface area contributed by atoms with Crippen LogP contribution >= 0.6 is 31.9 Å². The number of halogens is 2. The molecule has 1 aromatic heterocycles. The van der Waals surface area contributed by atoms with E-state index in [0.717, 1.165) is 27.4 Å². The van der Waals surface area contributed by atoms with Crippen LogP contribution in [0.5, 0.6) is 0 Å². The van der Waals surface area contributed by atoms with E-state index in [1.54, 1.807) is 6.20 Å². The molecule has 0 saturated carbocycles. The number of nitrogens with two attached hydrogens (primary N) is 1. The molecule has 1 heterocycles. The standard InChI is InChI=1S/C14H14Br2N2/c15-12-3-1-10(2-4-12)6-14(17)7-11-5-13(16)9-18-8-11/h1-5,8-9,14H,6-7,17H2. The molecule has 0 aliphatic carbocycles. The van der Waals surface area contributed by atoms with Gasteiger partial charge in [-0.15, -0.1) is 0 Å². The van der Waals surface area contributed by atoms with Crippen molar-refractivity contribution >= 4 is 31.9 Å². The van der Waals surface area contributed by atoms with Crippen molar-refractivity contribution in [2.75, 3.05) is 0 Å². The average Bonchev–Trinajstić information content (AvgIpc) is 2.32. The van der Waals surface area contributed by atoms with E-state index in [1.807, 2.05) is 18.3 Å². The molecule has 0 aliphatic heterocycles. The summed E-state index contributed by atoms with van der Waals surface area (Å²) >= 11 is 6.85. The predicted octanol–water partition coefficient (Wildman–Crippen LogP) is 3.72. The minimum Gasteiger partial charge on any atom is -0.327 e. The third kappa shape index (κ3) is 4.19. The lowest BCUT2D eigenvalue weighted by Gasteiger charge is -2.11. The number of hydrogen-bond acceptors (Lipinski definition) is 2. The van der Waals surface area contributed by atoms with Gasteiger partial charge in [-0.05, 0) is 58.1 Å². The van der Waals surface area contributed by atoms with E-state index in [-0.39, 0.29) is 6.04 Å². The second-order valence-electron chi connectivity index (χ2n) is 4.31. The van der Waals surface area contributed by atoms with E-state index in [9.17, 15) is 0 Å². The van der Waals surface area contributed by atoms with Crippen LogP contribution in [-0.4, -0.2) is 11.0 Å². The first-order valence-corrected chi connectivity index (χ1v) is 7.31. The van der Waals surface area contributed by atoms with Crippen LogP contribution in [0.2, 0.25) is 0 Å². The van der Waals surface area contributed by atoms with Crippen molar-refractivity contribution in [3.63, 3.8) is 0 Å². The molecule has 0 spiro atoms. The number of benzene rings is 1. The molecule has 1 atom stereocenters. The second-order valence-corrected chi connectivity index (χ2v) is 6.14. The van der Waals surface area contributed by atoms with Gasteiger partial charge in [-0.25, -0.2) is 0 Å². The second kappa shape index (κ2) is 6.45. The molecular weight excluding hydrogens is 356 g/mol. The zero-order chi connectivity index (χ0) is 13.0. The molecule has 2 rings (SSSR count). The Kier molecular flexibility index (Phi) is 4.92. The molecule has 2 N–H and O–H groups in total. The number of nitrogens with zero attached hydrogens (tertiary/aromatic N) is 1. The molecule has 18 heavy (non-hydrogen) atoms. The minimum atomic E-state index is 0.113. The van der Waals surface area contributed by atoms with Crippen molar-refractivity contribution < 1.29 is 0 Å². The van der Waals surface area contributed by atoms with Gasteiger partial charge in [0.05, 0.1) is 0 Å². The van der Waals surface area contributed by atoms with Gasteiger partial charge in [0.15, 0.2) is 0 Å². The molecule has 1 aromatic carbocycles. The van der Waals surface area contributed by atoms with Crippen LogP contribution in [0.25, 0.3) is 0 Å². The normalized spacial score (nSPS) is 12.4. The van der Waals surface area contributed by atoms with Gasteiger partial charge in [0.25, 0.3) is 0 Å². The molecule has 0 saturated heterocycles. The highest BCUT2D eigenvalue weighted by Crippen LogP contribution is 2.14. The van der Waals surface area contributed by atoms with Crippen LogP contribution < -0.4 is 5.73 Å². The third-order valence-corrected chi connectivity index (χ3v) is 3.63. The van der Waals surface area contributed by atoms with E-state index in [2.05, 4.69) is 55.0 Å². The lowest BCUT2D eigenvalue weighted by atomic mass is 10.0. The Bertz CT molecular complexity index is 511. The summed E-state index contributed by atoms with van der Waals surface area (Å²) in [7, 11) is 0. The number of aromatic nitrogens is 1. The fraction of sp³-hybridized carbons (Fsp3) is 0.214. The van der Waals surface area contributed by atoms with Gasteiger partial charge in [0.2, 0.25) is 0 Å². The Labute approximate surface area is 124 Å². The smallest absolute Gasteiger partial charge is 0.0410 e. The van der Waals surface area contributed by atoms with Gasteiger partial charge in [0.1, 0.15) is 0 Å². The van der Waals surface area contributed by atoms with Crippen LogP contribution in [0.15, 0.2) is 51.7 Å². The quantitative estimate of drug-likeness (QED) is 0.891. The van der Waals surface area contributed by atoms with E-state index in [1.165, 1.54) is 5.56 Å². The Hall–Kier alpha value is -0.710. The summed E-state index contributed by atoms with van der Waals surface area (Å²) in [6.07, 6.45) is 5.36. The van der Waals surface area contributed by atoms with E-state index in [0.29, 0.717) is 0 Å². The molecule has 0 fully saturated rings. The Morgan fingerprint density at radius 3 is 2.28 bits per heavy atom. The fourth-order valence-electron chi connectivity index (χ4n) is 1.87.